The zero-order valence-electron chi connectivity index (χ0n) is 33.6. The number of halogens is 3. The molecule has 2 aromatic rings. The van der Waals surface area contributed by atoms with Crippen LogP contribution in [-0.4, -0.2) is 105 Å². The van der Waals surface area contributed by atoms with E-state index in [1.54, 1.807) is 33.2 Å². The maximum atomic E-state index is 11.6. The second kappa shape index (κ2) is 28.7. The van der Waals surface area contributed by atoms with Crippen molar-refractivity contribution in [3.63, 3.8) is 0 Å². The molecular weight excluding hydrogens is 702 g/mol. The molecule has 1 heterocycles. The molecule has 1 N–H and O–H groups in total. The number of benzene rings is 2. The maximum absolute atomic E-state index is 11.6. The number of Topliss-reactive ketones (excluding diaryl/α,β-unsaturated/α-hetero) is 1. The Bertz CT molecular complexity index is 1390. The number of ketones is 1. The van der Waals surface area contributed by atoms with Crippen LogP contribution in [0.15, 0.2) is 57.4 Å². The number of rotatable bonds is 12. The number of piperazine rings is 1. The summed E-state index contributed by atoms with van der Waals surface area (Å²) < 4.78 is 38.5. The van der Waals surface area contributed by atoms with E-state index < -0.39 is 6.36 Å². The molecule has 13 heteroatoms. The summed E-state index contributed by atoms with van der Waals surface area (Å²) in [6, 6.07) is 12.3. The van der Waals surface area contributed by atoms with Crippen molar-refractivity contribution < 1.29 is 27.5 Å². The lowest BCUT2D eigenvalue weighted by atomic mass is 9.97. The molecule has 0 bridgehead atoms. The normalized spacial score (nSPS) is 13.7. The minimum Gasteiger partial charge on any atom is -0.406 e. The fraction of sp³-hybridized carbons (Fsp3) is 0.575. The Balaban J connectivity index is 0.000000703. The van der Waals surface area contributed by atoms with Gasteiger partial charge in [0, 0.05) is 66.0 Å². The first-order valence-electron chi connectivity index (χ1n) is 18.2. The van der Waals surface area contributed by atoms with Gasteiger partial charge in [-0.1, -0.05) is 75.6 Å². The van der Waals surface area contributed by atoms with E-state index in [0.29, 0.717) is 30.4 Å². The molecule has 3 rings (SSSR count). The highest BCUT2D eigenvalue weighted by Gasteiger charge is 2.30. The molecular formula is C40H63F3N6O3S. The number of carbonyl (C=O) groups excluding carboxylic acids is 2. The third-order valence-corrected chi connectivity index (χ3v) is 8.79. The predicted molar refractivity (Wildman–Crippen MR) is 218 cm³/mol. The van der Waals surface area contributed by atoms with Gasteiger partial charge in [0.05, 0.1) is 10.8 Å². The van der Waals surface area contributed by atoms with Gasteiger partial charge in [0.15, 0.2) is 0 Å². The van der Waals surface area contributed by atoms with Crippen LogP contribution in [0.5, 0.6) is 5.75 Å². The first kappa shape index (κ1) is 49.3. The molecule has 1 amide bonds. The van der Waals surface area contributed by atoms with Crippen molar-refractivity contribution in [1.82, 2.24) is 15.1 Å². The average molecular weight is 765 g/mol. The number of nitrogens with zero attached hydrogens (tertiary/aromatic N) is 5. The summed E-state index contributed by atoms with van der Waals surface area (Å²) in [5, 5.41) is 3.67. The minimum absolute atomic E-state index is 0.187. The van der Waals surface area contributed by atoms with E-state index in [1.807, 2.05) is 20.1 Å². The van der Waals surface area contributed by atoms with Crippen molar-refractivity contribution >= 4 is 41.2 Å². The smallest absolute Gasteiger partial charge is 0.406 e. The summed E-state index contributed by atoms with van der Waals surface area (Å²) in [7, 11) is 3.53. The van der Waals surface area contributed by atoms with E-state index in [9.17, 15) is 22.8 Å². The number of hydrogen-bond acceptors (Lipinski definition) is 7. The minimum atomic E-state index is -4.60. The molecule has 1 saturated heterocycles. The van der Waals surface area contributed by atoms with E-state index in [1.165, 1.54) is 40.6 Å². The molecule has 0 atom stereocenters. The summed E-state index contributed by atoms with van der Waals surface area (Å²) in [5.41, 5.74) is 5.13. The lowest BCUT2D eigenvalue weighted by Gasteiger charge is -2.35. The number of thioether (sulfide) groups is 1. The SMILES string of the molecule is CCC/C=N\C(=NC)N1CCN(CCNC=O)CC1.CCCC(=O)CSC(C)=NC.Cc1ccc(C(C)C)c(C)c1.Cc1ccc(OC(F)(F)F)cc1. The molecule has 0 unspecified atom stereocenters. The second-order valence-corrected chi connectivity index (χ2v) is 13.9. The zero-order chi connectivity index (χ0) is 40.2. The molecule has 1 aliphatic rings. The van der Waals surface area contributed by atoms with Crippen molar-refractivity contribution in [2.24, 2.45) is 15.0 Å². The van der Waals surface area contributed by atoms with Gasteiger partial charge in [-0.05, 0) is 69.7 Å². The number of unbranched alkanes of at least 4 members (excludes halogenated alkanes) is 1. The summed E-state index contributed by atoms with van der Waals surface area (Å²) in [4.78, 5) is 38.4. The predicted octanol–water partition coefficient (Wildman–Crippen LogP) is 8.66. The Morgan fingerprint density at radius 2 is 1.58 bits per heavy atom. The number of amides is 1. The molecule has 1 fully saturated rings. The standard InChI is InChI=1S/C13H25N5O.C11H16.C8H7F3O.C8H15NOS/c1-3-4-5-16-13(14-2)18-10-8-17(9-11-18)7-6-15-12-19;1-8(2)11-6-5-9(3)7-10(11)4;1-6-2-4-7(5-3-6)12-8(9,10)11;1-4-5-8(10)6-11-7(2)9-3/h5,12H,3-4,6-11H2,1-2H3,(H,15,19);5-8H,1-4H3;2-5H,1H3;4-6H2,1-3H3/b14-13?,16-5-;;;. The number of carbonyl (C=O) groups is 2. The largest absolute Gasteiger partial charge is 0.573 e. The quantitative estimate of drug-likeness (QED) is 0.101. The second-order valence-electron chi connectivity index (χ2n) is 12.7. The van der Waals surface area contributed by atoms with Gasteiger partial charge in [-0.25, -0.2) is 4.99 Å². The number of aliphatic imine (C=N–C) groups is 3. The average Bonchev–Trinajstić information content (AvgIpc) is 3.11. The molecule has 0 saturated carbocycles. The highest BCUT2D eigenvalue weighted by Crippen LogP contribution is 2.22. The third-order valence-electron chi connectivity index (χ3n) is 7.72. The maximum Gasteiger partial charge on any atom is 0.573 e. The Morgan fingerprint density at radius 1 is 0.962 bits per heavy atom. The zero-order valence-corrected chi connectivity index (χ0v) is 34.4. The van der Waals surface area contributed by atoms with Gasteiger partial charge in [-0.2, -0.15) is 0 Å². The van der Waals surface area contributed by atoms with Crippen molar-refractivity contribution in [2.75, 3.05) is 59.1 Å². The molecule has 0 spiro atoms. The van der Waals surface area contributed by atoms with Crippen LogP contribution < -0.4 is 10.1 Å². The van der Waals surface area contributed by atoms with E-state index in [0.717, 1.165) is 75.0 Å². The highest BCUT2D eigenvalue weighted by atomic mass is 32.2. The molecule has 2 aromatic carbocycles. The lowest BCUT2D eigenvalue weighted by Crippen LogP contribution is -2.49. The van der Waals surface area contributed by atoms with Crippen molar-refractivity contribution in [2.45, 2.75) is 93.4 Å². The number of guanidine groups is 1. The van der Waals surface area contributed by atoms with Gasteiger partial charge in [0.2, 0.25) is 12.4 Å². The topological polar surface area (TPSA) is 99.0 Å². The van der Waals surface area contributed by atoms with Crippen LogP contribution in [0.3, 0.4) is 0 Å². The van der Waals surface area contributed by atoms with Gasteiger partial charge >= 0.3 is 6.36 Å². The van der Waals surface area contributed by atoms with Crippen LogP contribution in [0.25, 0.3) is 0 Å². The van der Waals surface area contributed by atoms with E-state index in [2.05, 4.69) is 87.6 Å². The number of hydrogen-bond donors (Lipinski definition) is 1. The molecule has 0 radical (unpaired) electrons. The summed E-state index contributed by atoms with van der Waals surface area (Å²) in [6.45, 7) is 22.1. The van der Waals surface area contributed by atoms with Gasteiger partial charge in [-0.3, -0.25) is 24.5 Å². The Kier molecular flexibility index (Phi) is 26.7. The Hall–Kier alpha value is -3.71. The van der Waals surface area contributed by atoms with Crippen LogP contribution in [0.1, 0.15) is 88.5 Å². The molecule has 1 aliphatic heterocycles. The third kappa shape index (κ3) is 25.0. The number of alkyl halides is 3. The van der Waals surface area contributed by atoms with Crippen LogP contribution >= 0.6 is 11.8 Å². The van der Waals surface area contributed by atoms with E-state index >= 15 is 0 Å². The van der Waals surface area contributed by atoms with Crippen molar-refractivity contribution in [3.8, 4) is 5.75 Å². The summed E-state index contributed by atoms with van der Waals surface area (Å²) in [6.07, 6.45) is 1.85. The first-order chi connectivity index (χ1) is 25.1. The fourth-order valence-corrected chi connectivity index (χ4v) is 5.47. The summed E-state index contributed by atoms with van der Waals surface area (Å²) in [5.74, 6) is 2.19. The van der Waals surface area contributed by atoms with Crippen molar-refractivity contribution in [3.05, 3.63) is 64.7 Å². The van der Waals surface area contributed by atoms with E-state index in [-0.39, 0.29) is 5.75 Å². The first-order valence-corrected chi connectivity index (χ1v) is 19.2. The van der Waals surface area contributed by atoms with Crippen LogP contribution in [0.4, 0.5) is 13.2 Å². The molecule has 298 valence electrons. The number of nitrogens with one attached hydrogen (secondary N) is 1. The van der Waals surface area contributed by atoms with Crippen molar-refractivity contribution in [1.29, 1.82) is 0 Å². The monoisotopic (exact) mass is 764 g/mol. The number of ether oxygens (including phenoxy) is 1. The molecule has 9 nitrogen and oxygen atoms in total. The molecule has 0 aliphatic carbocycles. The summed E-state index contributed by atoms with van der Waals surface area (Å²) >= 11 is 1.52. The van der Waals surface area contributed by atoms with Gasteiger partial charge < -0.3 is 15.0 Å². The van der Waals surface area contributed by atoms with Crippen LogP contribution in [-0.2, 0) is 9.59 Å². The molecule has 0 aromatic heterocycles. The number of aryl methyl sites for hydroxylation is 3. The highest BCUT2D eigenvalue weighted by molar-refractivity contribution is 8.14. The van der Waals surface area contributed by atoms with Crippen LogP contribution in [0, 0.1) is 20.8 Å². The van der Waals surface area contributed by atoms with Crippen LogP contribution in [0.2, 0.25) is 0 Å². The van der Waals surface area contributed by atoms with Gasteiger partial charge in [-0.15, -0.1) is 24.9 Å². The Morgan fingerprint density at radius 3 is 2.08 bits per heavy atom. The Labute approximate surface area is 321 Å². The fourth-order valence-electron chi connectivity index (χ4n) is 4.82. The lowest BCUT2D eigenvalue weighted by molar-refractivity contribution is -0.274. The van der Waals surface area contributed by atoms with Gasteiger partial charge in [0.25, 0.3) is 0 Å². The van der Waals surface area contributed by atoms with Gasteiger partial charge in [0.1, 0.15) is 11.5 Å². The van der Waals surface area contributed by atoms with E-state index in [4.69, 9.17) is 0 Å². The molecule has 53 heavy (non-hydrogen) atoms.